The van der Waals surface area contributed by atoms with E-state index >= 15 is 0 Å². The Hall–Kier alpha value is -1.10. The second-order valence-corrected chi connectivity index (χ2v) is 8.44. The number of fused-ring (bicyclic) bond motifs is 2. The van der Waals surface area contributed by atoms with Gasteiger partial charge in [0.2, 0.25) is 11.8 Å². The van der Waals surface area contributed by atoms with E-state index in [1.54, 1.807) is 4.90 Å². The van der Waals surface area contributed by atoms with E-state index in [9.17, 15) is 9.59 Å². The number of carbonyl (C=O) groups excluding carboxylic acids is 2. The quantitative estimate of drug-likeness (QED) is 0.675. The van der Waals surface area contributed by atoms with Gasteiger partial charge in [0.25, 0.3) is 0 Å². The van der Waals surface area contributed by atoms with Gasteiger partial charge in [0.1, 0.15) is 0 Å². The molecular formula is C20H37N3O2. The van der Waals surface area contributed by atoms with Crippen molar-refractivity contribution in [2.45, 2.75) is 70.9 Å². The SMILES string of the molecule is CCC(C)CC(=O)N(C)CCN(C)C(=O)CC1CC2CCC(C1)N2C. The van der Waals surface area contributed by atoms with Crippen LogP contribution in [-0.2, 0) is 9.59 Å². The summed E-state index contributed by atoms with van der Waals surface area (Å²) in [7, 11) is 5.95. The van der Waals surface area contributed by atoms with Gasteiger partial charge in [-0.1, -0.05) is 20.3 Å². The molecule has 2 saturated heterocycles. The van der Waals surface area contributed by atoms with Crippen molar-refractivity contribution >= 4 is 11.8 Å². The highest BCUT2D eigenvalue weighted by Crippen LogP contribution is 2.38. The van der Waals surface area contributed by atoms with Gasteiger partial charge in [-0.05, 0) is 44.6 Å². The van der Waals surface area contributed by atoms with E-state index in [1.807, 2.05) is 19.0 Å². The minimum absolute atomic E-state index is 0.182. The molecule has 2 heterocycles. The van der Waals surface area contributed by atoms with Crippen molar-refractivity contribution in [3.05, 3.63) is 0 Å². The number of likely N-dealkylation sites (N-methyl/N-ethyl adjacent to an activating group) is 2. The van der Waals surface area contributed by atoms with Crippen molar-refractivity contribution in [3.63, 3.8) is 0 Å². The fourth-order valence-corrected chi connectivity index (χ4v) is 4.24. The van der Waals surface area contributed by atoms with Crippen LogP contribution in [0.15, 0.2) is 0 Å². The van der Waals surface area contributed by atoms with Crippen LogP contribution in [0.25, 0.3) is 0 Å². The average molecular weight is 352 g/mol. The summed E-state index contributed by atoms with van der Waals surface area (Å²) in [6, 6.07) is 1.37. The standard InChI is InChI=1S/C20H37N3O2/c1-6-15(2)11-19(24)21(3)9-10-22(4)20(25)14-16-12-17-7-8-18(13-16)23(17)5/h15-18H,6-14H2,1-5H3. The number of piperidine rings is 1. The van der Waals surface area contributed by atoms with Crippen LogP contribution in [-0.4, -0.2) is 72.8 Å². The molecule has 5 heteroatoms. The molecule has 3 atom stereocenters. The first kappa shape index (κ1) is 20.2. The Bertz CT molecular complexity index is 454. The molecule has 2 aliphatic heterocycles. The average Bonchev–Trinajstić information content (AvgIpc) is 2.80. The third-order valence-electron chi connectivity index (χ3n) is 6.50. The van der Waals surface area contributed by atoms with Gasteiger partial charge in [0.15, 0.2) is 0 Å². The predicted octanol–water partition coefficient (Wildman–Crippen LogP) is 2.60. The van der Waals surface area contributed by atoms with Gasteiger partial charge in [0.05, 0.1) is 0 Å². The summed E-state index contributed by atoms with van der Waals surface area (Å²) >= 11 is 0. The normalized spacial score (nSPS) is 27.2. The highest BCUT2D eigenvalue weighted by molar-refractivity contribution is 5.77. The number of amides is 2. The number of hydrogen-bond donors (Lipinski definition) is 0. The molecule has 0 radical (unpaired) electrons. The molecule has 0 N–H and O–H groups in total. The summed E-state index contributed by atoms with van der Waals surface area (Å²) in [5.41, 5.74) is 0. The van der Waals surface area contributed by atoms with Gasteiger partial charge in [-0.15, -0.1) is 0 Å². The summed E-state index contributed by atoms with van der Waals surface area (Å²) in [6.07, 6.45) is 7.22. The van der Waals surface area contributed by atoms with E-state index in [0.717, 1.165) is 6.42 Å². The summed E-state index contributed by atoms with van der Waals surface area (Å²) in [6.45, 7) is 5.47. The Morgan fingerprint density at radius 3 is 2.08 bits per heavy atom. The van der Waals surface area contributed by atoms with Crippen LogP contribution in [0.4, 0.5) is 0 Å². The maximum atomic E-state index is 12.5. The van der Waals surface area contributed by atoms with Crippen LogP contribution < -0.4 is 0 Å². The Balaban J connectivity index is 1.71. The first-order valence-electron chi connectivity index (χ1n) is 10.0. The Morgan fingerprint density at radius 1 is 1.04 bits per heavy atom. The largest absolute Gasteiger partial charge is 0.344 e. The van der Waals surface area contributed by atoms with Crippen LogP contribution in [0.3, 0.4) is 0 Å². The van der Waals surface area contributed by atoms with Gasteiger partial charge in [0, 0.05) is 52.1 Å². The molecule has 2 aliphatic rings. The third kappa shape index (κ3) is 5.44. The molecule has 144 valence electrons. The molecule has 0 saturated carbocycles. The molecule has 2 amide bonds. The minimum atomic E-state index is 0.182. The van der Waals surface area contributed by atoms with Crippen molar-refractivity contribution in [3.8, 4) is 0 Å². The molecule has 0 spiro atoms. The summed E-state index contributed by atoms with van der Waals surface area (Å²) in [4.78, 5) is 30.8. The lowest BCUT2D eigenvalue weighted by molar-refractivity contribution is -0.134. The molecule has 0 aromatic carbocycles. The summed E-state index contributed by atoms with van der Waals surface area (Å²) < 4.78 is 0. The molecule has 2 bridgehead atoms. The lowest BCUT2D eigenvalue weighted by Crippen LogP contribution is -2.42. The highest BCUT2D eigenvalue weighted by atomic mass is 16.2. The van der Waals surface area contributed by atoms with Gasteiger partial charge in [-0.3, -0.25) is 9.59 Å². The van der Waals surface area contributed by atoms with Gasteiger partial charge in [-0.25, -0.2) is 0 Å². The Labute approximate surface area is 153 Å². The monoisotopic (exact) mass is 351 g/mol. The van der Waals surface area contributed by atoms with Crippen molar-refractivity contribution in [1.82, 2.24) is 14.7 Å². The van der Waals surface area contributed by atoms with E-state index in [1.165, 1.54) is 25.7 Å². The lowest BCUT2D eigenvalue weighted by atomic mass is 9.88. The van der Waals surface area contributed by atoms with Crippen molar-refractivity contribution < 1.29 is 9.59 Å². The van der Waals surface area contributed by atoms with E-state index in [4.69, 9.17) is 0 Å². The van der Waals surface area contributed by atoms with Gasteiger partial charge >= 0.3 is 0 Å². The molecule has 3 unspecified atom stereocenters. The molecule has 5 nitrogen and oxygen atoms in total. The fraction of sp³-hybridized carbons (Fsp3) is 0.900. The molecule has 2 fully saturated rings. The zero-order valence-electron chi connectivity index (χ0n) is 16.8. The molecule has 2 rings (SSSR count). The second-order valence-electron chi connectivity index (χ2n) is 8.44. The van der Waals surface area contributed by atoms with Crippen LogP contribution in [0.1, 0.15) is 58.8 Å². The third-order valence-corrected chi connectivity index (χ3v) is 6.50. The molecule has 0 aromatic rings. The fourth-order valence-electron chi connectivity index (χ4n) is 4.24. The number of hydrogen-bond acceptors (Lipinski definition) is 3. The topological polar surface area (TPSA) is 43.9 Å². The maximum Gasteiger partial charge on any atom is 0.222 e. The van der Waals surface area contributed by atoms with E-state index < -0.39 is 0 Å². The smallest absolute Gasteiger partial charge is 0.222 e. The number of rotatable bonds is 8. The summed E-state index contributed by atoms with van der Waals surface area (Å²) in [5, 5.41) is 0. The number of nitrogens with zero attached hydrogens (tertiary/aromatic N) is 3. The molecule has 25 heavy (non-hydrogen) atoms. The van der Waals surface area contributed by atoms with Crippen LogP contribution in [0.5, 0.6) is 0 Å². The van der Waals surface area contributed by atoms with Crippen molar-refractivity contribution in [2.24, 2.45) is 11.8 Å². The molecular weight excluding hydrogens is 314 g/mol. The maximum absolute atomic E-state index is 12.5. The van der Waals surface area contributed by atoms with Crippen molar-refractivity contribution in [1.29, 1.82) is 0 Å². The lowest BCUT2D eigenvalue weighted by Gasteiger charge is -2.36. The van der Waals surface area contributed by atoms with Crippen LogP contribution >= 0.6 is 0 Å². The first-order chi connectivity index (χ1) is 11.8. The summed E-state index contributed by atoms with van der Waals surface area (Å²) in [5.74, 6) is 1.38. The molecule has 0 aromatic heterocycles. The molecule has 0 aliphatic carbocycles. The van der Waals surface area contributed by atoms with E-state index in [2.05, 4.69) is 25.8 Å². The minimum Gasteiger partial charge on any atom is -0.344 e. The Morgan fingerprint density at radius 2 is 1.56 bits per heavy atom. The number of carbonyl (C=O) groups is 2. The predicted molar refractivity (Wildman–Crippen MR) is 101 cm³/mol. The Kier molecular flexibility index (Phi) is 7.29. The first-order valence-corrected chi connectivity index (χ1v) is 10.0. The van der Waals surface area contributed by atoms with Gasteiger partial charge in [-0.2, -0.15) is 0 Å². The van der Waals surface area contributed by atoms with Crippen LogP contribution in [0, 0.1) is 11.8 Å². The zero-order chi connectivity index (χ0) is 18.6. The highest BCUT2D eigenvalue weighted by Gasteiger charge is 2.39. The second kappa shape index (κ2) is 9.02. The van der Waals surface area contributed by atoms with Crippen LogP contribution in [0.2, 0.25) is 0 Å². The van der Waals surface area contributed by atoms with E-state index in [-0.39, 0.29) is 11.8 Å². The zero-order valence-corrected chi connectivity index (χ0v) is 16.8. The van der Waals surface area contributed by atoms with Crippen molar-refractivity contribution in [2.75, 3.05) is 34.2 Å². The van der Waals surface area contributed by atoms with E-state index in [0.29, 0.717) is 49.9 Å². The van der Waals surface area contributed by atoms with Gasteiger partial charge < -0.3 is 14.7 Å².